The van der Waals surface area contributed by atoms with Crippen LogP contribution in [0.1, 0.15) is 18.9 Å². The minimum absolute atomic E-state index is 0.208. The van der Waals surface area contributed by atoms with Crippen LogP contribution in [0.5, 0.6) is 0 Å². The van der Waals surface area contributed by atoms with Gasteiger partial charge in [0.25, 0.3) is 0 Å². The lowest BCUT2D eigenvalue weighted by molar-refractivity contribution is -0.0383. The highest BCUT2D eigenvalue weighted by Crippen LogP contribution is 2.15. The van der Waals surface area contributed by atoms with Crippen molar-refractivity contribution < 1.29 is 4.74 Å². The van der Waals surface area contributed by atoms with Crippen molar-refractivity contribution in [3.05, 3.63) is 23.9 Å². The van der Waals surface area contributed by atoms with Gasteiger partial charge in [-0.15, -0.1) is 0 Å². The first-order chi connectivity index (χ1) is 9.70. The van der Waals surface area contributed by atoms with E-state index in [2.05, 4.69) is 35.2 Å². The third-order valence-electron chi connectivity index (χ3n) is 3.77. The molecule has 0 amide bonds. The molecular weight excluding hydrogens is 252 g/mol. The number of rotatable bonds is 6. The molecule has 112 valence electrons. The Morgan fingerprint density at radius 1 is 1.60 bits per heavy atom. The summed E-state index contributed by atoms with van der Waals surface area (Å²) in [5.41, 5.74) is 7.06. The maximum Gasteiger partial charge on any atom is 0.126 e. The zero-order valence-corrected chi connectivity index (χ0v) is 12.5. The highest BCUT2D eigenvalue weighted by atomic mass is 16.5. The van der Waals surface area contributed by atoms with E-state index in [9.17, 15) is 0 Å². The molecule has 2 heterocycles. The molecule has 2 unspecified atom stereocenters. The Hall–Kier alpha value is -1.17. The van der Waals surface area contributed by atoms with E-state index in [-0.39, 0.29) is 12.1 Å². The number of aromatic nitrogens is 1. The van der Waals surface area contributed by atoms with Crippen LogP contribution in [-0.4, -0.2) is 55.3 Å². The van der Waals surface area contributed by atoms with E-state index in [0.29, 0.717) is 5.82 Å². The van der Waals surface area contributed by atoms with Gasteiger partial charge in [-0.1, -0.05) is 13.0 Å². The van der Waals surface area contributed by atoms with Crippen LogP contribution >= 0.6 is 0 Å². The molecule has 1 aromatic heterocycles. The topological polar surface area (TPSA) is 63.4 Å². The summed E-state index contributed by atoms with van der Waals surface area (Å²) < 4.78 is 5.95. The van der Waals surface area contributed by atoms with E-state index in [1.807, 2.05) is 6.07 Å². The van der Waals surface area contributed by atoms with Crippen molar-refractivity contribution in [2.45, 2.75) is 31.9 Å². The monoisotopic (exact) mass is 278 g/mol. The zero-order chi connectivity index (χ0) is 14.4. The number of ether oxygens (including phenoxy) is 1. The molecule has 0 radical (unpaired) electrons. The van der Waals surface area contributed by atoms with Crippen LogP contribution in [0.15, 0.2) is 18.3 Å². The summed E-state index contributed by atoms with van der Waals surface area (Å²) >= 11 is 0. The van der Waals surface area contributed by atoms with E-state index < -0.39 is 0 Å². The van der Waals surface area contributed by atoms with E-state index >= 15 is 0 Å². The lowest BCUT2D eigenvalue weighted by Gasteiger charge is -2.35. The molecule has 2 rings (SSSR count). The Labute approximate surface area is 121 Å². The number of pyridine rings is 1. The molecule has 0 aliphatic carbocycles. The second-order valence-corrected chi connectivity index (χ2v) is 5.48. The number of hydrogen-bond acceptors (Lipinski definition) is 5. The molecule has 2 atom stereocenters. The average molecular weight is 278 g/mol. The van der Waals surface area contributed by atoms with Gasteiger partial charge in [-0.3, -0.25) is 0 Å². The molecule has 1 aliphatic rings. The number of anilines is 1. The second kappa shape index (κ2) is 7.57. The molecule has 3 N–H and O–H groups in total. The molecule has 0 aromatic carbocycles. The first-order valence-corrected chi connectivity index (χ1v) is 7.43. The van der Waals surface area contributed by atoms with Gasteiger partial charge in [-0.05, 0) is 38.1 Å². The zero-order valence-electron chi connectivity index (χ0n) is 12.5. The molecule has 1 aromatic rings. The van der Waals surface area contributed by atoms with Gasteiger partial charge in [0.05, 0.1) is 12.7 Å². The molecule has 1 saturated heterocycles. The number of hydrogen-bond donors (Lipinski definition) is 2. The van der Waals surface area contributed by atoms with Crippen molar-refractivity contribution >= 4 is 5.82 Å². The van der Waals surface area contributed by atoms with Crippen molar-refractivity contribution in [3.63, 3.8) is 0 Å². The fourth-order valence-corrected chi connectivity index (χ4v) is 2.58. The maximum atomic E-state index is 5.96. The van der Waals surface area contributed by atoms with Crippen LogP contribution in [0.25, 0.3) is 0 Å². The molecule has 1 aliphatic heterocycles. The molecule has 20 heavy (non-hydrogen) atoms. The summed E-state index contributed by atoms with van der Waals surface area (Å²) in [6.45, 7) is 5.94. The largest absolute Gasteiger partial charge is 0.383 e. The van der Waals surface area contributed by atoms with Crippen LogP contribution in [0, 0.1) is 0 Å². The quantitative estimate of drug-likeness (QED) is 0.809. The molecular formula is C15H26N4O. The smallest absolute Gasteiger partial charge is 0.126 e. The molecule has 0 saturated carbocycles. The fraction of sp³-hybridized carbons (Fsp3) is 0.667. The summed E-state index contributed by atoms with van der Waals surface area (Å²) in [6.07, 6.45) is 3.91. The number of nitrogens with two attached hydrogens (primary N) is 1. The molecule has 1 fully saturated rings. The van der Waals surface area contributed by atoms with Gasteiger partial charge in [0.1, 0.15) is 5.82 Å². The Balaban J connectivity index is 2.04. The summed E-state index contributed by atoms with van der Waals surface area (Å²) in [7, 11) is 2.14. The Kier molecular flexibility index (Phi) is 5.76. The van der Waals surface area contributed by atoms with Gasteiger partial charge in [-0.25, -0.2) is 4.98 Å². The van der Waals surface area contributed by atoms with Crippen LogP contribution in [0.4, 0.5) is 5.82 Å². The predicted molar refractivity (Wildman–Crippen MR) is 81.7 cm³/mol. The highest BCUT2D eigenvalue weighted by molar-refractivity contribution is 5.39. The van der Waals surface area contributed by atoms with E-state index in [1.165, 1.54) is 0 Å². The minimum Gasteiger partial charge on any atom is -0.383 e. The van der Waals surface area contributed by atoms with Crippen LogP contribution < -0.4 is 11.1 Å². The molecule has 0 bridgehead atoms. The highest BCUT2D eigenvalue weighted by Gasteiger charge is 2.27. The number of nitrogen functional groups attached to an aromatic ring is 1. The molecule has 0 spiro atoms. The predicted octanol–water partition coefficient (Wildman–Crippen LogP) is 0.905. The average Bonchev–Trinajstić information content (AvgIpc) is 2.45. The lowest BCUT2D eigenvalue weighted by atomic mass is 10.00. The van der Waals surface area contributed by atoms with E-state index in [4.69, 9.17) is 10.5 Å². The van der Waals surface area contributed by atoms with E-state index in [0.717, 1.165) is 44.6 Å². The van der Waals surface area contributed by atoms with Gasteiger partial charge in [-0.2, -0.15) is 0 Å². The number of nitrogens with zero attached hydrogens (tertiary/aromatic N) is 2. The Bertz CT molecular complexity index is 413. The van der Waals surface area contributed by atoms with E-state index in [1.54, 1.807) is 6.20 Å². The summed E-state index contributed by atoms with van der Waals surface area (Å²) in [6, 6.07) is 4.27. The second-order valence-electron chi connectivity index (χ2n) is 5.48. The van der Waals surface area contributed by atoms with Crippen molar-refractivity contribution in [2.24, 2.45) is 0 Å². The number of likely N-dealkylation sites (N-methyl/N-ethyl adjacent to an activating group) is 1. The third kappa shape index (κ3) is 4.16. The van der Waals surface area contributed by atoms with Gasteiger partial charge < -0.3 is 20.7 Å². The standard InChI is InChI=1S/C15H26N4O/c1-3-6-17-13(14-11-19(2)8-9-20-14)10-12-5-4-7-18-15(12)16/h4-5,7,13-14,17H,3,6,8-11H2,1-2H3,(H2,16,18). The lowest BCUT2D eigenvalue weighted by Crippen LogP contribution is -2.52. The van der Waals surface area contributed by atoms with Gasteiger partial charge in [0.2, 0.25) is 0 Å². The maximum absolute atomic E-state index is 5.96. The SMILES string of the molecule is CCCNC(Cc1cccnc1N)C1CN(C)CCO1. The normalized spacial score (nSPS) is 21.8. The summed E-state index contributed by atoms with van der Waals surface area (Å²) in [5.74, 6) is 0.625. The number of morpholine rings is 1. The molecule has 5 nitrogen and oxygen atoms in total. The van der Waals surface area contributed by atoms with Gasteiger partial charge in [0, 0.05) is 25.3 Å². The first kappa shape index (κ1) is 15.2. The minimum atomic E-state index is 0.208. The van der Waals surface area contributed by atoms with Crippen LogP contribution in [-0.2, 0) is 11.2 Å². The fourth-order valence-electron chi connectivity index (χ4n) is 2.58. The number of nitrogens with one attached hydrogen (secondary N) is 1. The Morgan fingerprint density at radius 2 is 2.45 bits per heavy atom. The third-order valence-corrected chi connectivity index (χ3v) is 3.77. The van der Waals surface area contributed by atoms with Crippen molar-refractivity contribution in [1.29, 1.82) is 0 Å². The van der Waals surface area contributed by atoms with Crippen molar-refractivity contribution in [1.82, 2.24) is 15.2 Å². The molecule has 5 heteroatoms. The summed E-state index contributed by atoms with van der Waals surface area (Å²) in [5, 5.41) is 3.60. The van der Waals surface area contributed by atoms with Crippen molar-refractivity contribution in [2.75, 3.05) is 39.0 Å². The van der Waals surface area contributed by atoms with Crippen LogP contribution in [0.3, 0.4) is 0 Å². The van der Waals surface area contributed by atoms with Crippen LogP contribution in [0.2, 0.25) is 0 Å². The summed E-state index contributed by atoms with van der Waals surface area (Å²) in [4.78, 5) is 6.49. The Morgan fingerprint density at radius 3 is 3.15 bits per heavy atom. The van der Waals surface area contributed by atoms with Gasteiger partial charge >= 0.3 is 0 Å². The van der Waals surface area contributed by atoms with Crippen molar-refractivity contribution in [3.8, 4) is 0 Å². The van der Waals surface area contributed by atoms with Gasteiger partial charge in [0.15, 0.2) is 0 Å². The first-order valence-electron chi connectivity index (χ1n) is 7.43.